The highest BCUT2D eigenvalue weighted by molar-refractivity contribution is 6.32. The number of hydrogen-bond donors (Lipinski definition) is 3. The van der Waals surface area contributed by atoms with Gasteiger partial charge in [-0.25, -0.2) is 4.39 Å². The number of benzene rings is 1. The molecule has 0 unspecified atom stereocenters. The van der Waals surface area contributed by atoms with Gasteiger partial charge in [0.25, 0.3) is 0 Å². The van der Waals surface area contributed by atoms with Gasteiger partial charge in [-0.1, -0.05) is 11.6 Å². The molecular weight excluding hydrogens is 225 g/mol. The van der Waals surface area contributed by atoms with Gasteiger partial charge in [0.15, 0.2) is 11.6 Å². The monoisotopic (exact) mass is 233 g/mol. The molecule has 82 valence electrons. The highest BCUT2D eigenvalue weighted by Crippen LogP contribution is 2.27. The van der Waals surface area contributed by atoms with Gasteiger partial charge in [-0.3, -0.25) is 4.79 Å². The number of aliphatic carboxylic acids is 1. The molecule has 1 atom stereocenters. The molecule has 0 saturated heterocycles. The van der Waals surface area contributed by atoms with Crippen molar-refractivity contribution in [3.63, 3.8) is 0 Å². The quantitative estimate of drug-likeness (QED) is 0.731. The molecule has 1 aromatic rings. The van der Waals surface area contributed by atoms with Crippen molar-refractivity contribution >= 4 is 17.6 Å². The van der Waals surface area contributed by atoms with E-state index in [1.807, 2.05) is 0 Å². The second kappa shape index (κ2) is 4.46. The van der Waals surface area contributed by atoms with Crippen LogP contribution in [0, 0.1) is 5.82 Å². The number of carboxylic acids is 1. The first-order valence-electron chi connectivity index (χ1n) is 4.07. The van der Waals surface area contributed by atoms with Crippen LogP contribution in [0.5, 0.6) is 5.75 Å². The molecule has 0 aromatic heterocycles. The van der Waals surface area contributed by atoms with E-state index in [-0.39, 0.29) is 11.4 Å². The van der Waals surface area contributed by atoms with Gasteiger partial charge in [0, 0.05) is 0 Å². The van der Waals surface area contributed by atoms with E-state index >= 15 is 0 Å². The average Bonchev–Trinajstić information content (AvgIpc) is 2.13. The predicted molar refractivity (Wildman–Crippen MR) is 52.4 cm³/mol. The Balaban J connectivity index is 2.92. The number of phenols is 1. The molecule has 0 amide bonds. The van der Waals surface area contributed by atoms with Crippen molar-refractivity contribution in [3.05, 3.63) is 28.5 Å². The van der Waals surface area contributed by atoms with Crippen LogP contribution in [0.1, 0.15) is 5.56 Å². The lowest BCUT2D eigenvalue weighted by Gasteiger charge is -2.07. The molecule has 1 aromatic carbocycles. The van der Waals surface area contributed by atoms with Gasteiger partial charge < -0.3 is 15.9 Å². The standard InChI is InChI=1S/C9H9ClFNO3/c10-5-1-4(2-6(11)8(5)13)3-7(12)9(14)15/h1-2,7,13H,3,12H2,(H,14,15)/t7-/m0/s1. The molecule has 0 saturated carbocycles. The maximum atomic E-state index is 13.0. The van der Waals surface area contributed by atoms with Crippen molar-refractivity contribution in [2.75, 3.05) is 0 Å². The zero-order valence-corrected chi connectivity index (χ0v) is 8.33. The Bertz CT molecular complexity index is 374. The van der Waals surface area contributed by atoms with Crippen LogP contribution in [0.15, 0.2) is 12.1 Å². The normalized spacial score (nSPS) is 12.5. The number of carboxylic acid groups (broad SMARTS) is 1. The Morgan fingerprint density at radius 1 is 1.60 bits per heavy atom. The van der Waals surface area contributed by atoms with Crippen LogP contribution in [0.2, 0.25) is 5.02 Å². The number of hydrogen-bond acceptors (Lipinski definition) is 3. The number of rotatable bonds is 3. The van der Waals surface area contributed by atoms with Crippen molar-refractivity contribution in [2.24, 2.45) is 5.73 Å². The summed E-state index contributed by atoms with van der Waals surface area (Å²) in [5.74, 6) is -2.72. The highest BCUT2D eigenvalue weighted by atomic mass is 35.5. The number of carbonyl (C=O) groups is 1. The van der Waals surface area contributed by atoms with Gasteiger partial charge in [-0.05, 0) is 24.1 Å². The van der Waals surface area contributed by atoms with E-state index in [4.69, 9.17) is 27.5 Å². The van der Waals surface area contributed by atoms with E-state index in [2.05, 4.69) is 0 Å². The summed E-state index contributed by atoms with van der Waals surface area (Å²) in [6.07, 6.45) is -0.0494. The first-order chi connectivity index (χ1) is 6.91. The van der Waals surface area contributed by atoms with Crippen LogP contribution in [-0.2, 0) is 11.2 Å². The fourth-order valence-corrected chi connectivity index (χ4v) is 1.31. The fourth-order valence-electron chi connectivity index (χ4n) is 1.08. The maximum Gasteiger partial charge on any atom is 0.320 e. The SMILES string of the molecule is N[C@@H](Cc1cc(F)c(O)c(Cl)c1)C(=O)O. The van der Waals surface area contributed by atoms with E-state index in [0.717, 1.165) is 6.07 Å². The Kier molecular flexibility index (Phi) is 3.49. The lowest BCUT2D eigenvalue weighted by atomic mass is 10.1. The molecule has 4 nitrogen and oxygen atoms in total. The van der Waals surface area contributed by atoms with Crippen molar-refractivity contribution in [3.8, 4) is 5.75 Å². The van der Waals surface area contributed by atoms with Crippen LogP contribution in [0.3, 0.4) is 0 Å². The molecule has 15 heavy (non-hydrogen) atoms. The van der Waals surface area contributed by atoms with Crippen LogP contribution >= 0.6 is 11.6 Å². The summed E-state index contributed by atoms with van der Waals surface area (Å²) in [4.78, 5) is 10.4. The van der Waals surface area contributed by atoms with E-state index in [1.165, 1.54) is 6.07 Å². The van der Waals surface area contributed by atoms with Gasteiger partial charge >= 0.3 is 5.97 Å². The summed E-state index contributed by atoms with van der Waals surface area (Å²) in [5.41, 5.74) is 5.58. The topological polar surface area (TPSA) is 83.5 Å². The second-order valence-electron chi connectivity index (χ2n) is 3.06. The largest absolute Gasteiger partial charge is 0.504 e. The molecule has 6 heteroatoms. The zero-order chi connectivity index (χ0) is 11.6. The summed E-state index contributed by atoms with van der Waals surface area (Å²) in [6.45, 7) is 0. The number of nitrogens with two attached hydrogens (primary N) is 1. The molecule has 0 aliphatic rings. The van der Waals surface area contributed by atoms with Gasteiger partial charge in [0.05, 0.1) is 5.02 Å². The van der Waals surface area contributed by atoms with Crippen molar-refractivity contribution in [1.29, 1.82) is 0 Å². The molecular formula is C9H9ClFNO3. The third-order valence-corrected chi connectivity index (χ3v) is 2.14. The maximum absolute atomic E-state index is 13.0. The summed E-state index contributed by atoms with van der Waals surface area (Å²) in [6, 6.07) is 1.16. The molecule has 0 aliphatic carbocycles. The molecule has 0 fully saturated rings. The fraction of sp³-hybridized carbons (Fsp3) is 0.222. The van der Waals surface area contributed by atoms with Crippen molar-refractivity contribution in [2.45, 2.75) is 12.5 Å². The van der Waals surface area contributed by atoms with E-state index in [0.29, 0.717) is 5.56 Å². The molecule has 1 rings (SSSR count). The van der Waals surface area contributed by atoms with E-state index < -0.39 is 23.6 Å². The van der Waals surface area contributed by atoms with Crippen LogP contribution in [0.4, 0.5) is 4.39 Å². The Morgan fingerprint density at radius 2 is 2.20 bits per heavy atom. The minimum Gasteiger partial charge on any atom is -0.504 e. The van der Waals surface area contributed by atoms with Crippen LogP contribution < -0.4 is 5.73 Å². The number of halogens is 2. The smallest absolute Gasteiger partial charge is 0.320 e. The van der Waals surface area contributed by atoms with Crippen molar-refractivity contribution < 1.29 is 19.4 Å². The average molecular weight is 234 g/mol. The highest BCUT2D eigenvalue weighted by Gasteiger charge is 2.15. The minimum absolute atomic E-state index is 0.0494. The van der Waals surface area contributed by atoms with Crippen LogP contribution in [0.25, 0.3) is 0 Å². The van der Waals surface area contributed by atoms with Gasteiger partial charge in [-0.2, -0.15) is 0 Å². The number of phenolic OH excluding ortho intramolecular Hbond substituents is 1. The van der Waals surface area contributed by atoms with Gasteiger partial charge in [0.2, 0.25) is 0 Å². The molecule has 0 radical (unpaired) electrons. The Labute approximate surface area is 90.1 Å². The second-order valence-corrected chi connectivity index (χ2v) is 3.46. The zero-order valence-electron chi connectivity index (χ0n) is 7.58. The Hall–Kier alpha value is -1.33. The van der Waals surface area contributed by atoms with Gasteiger partial charge in [-0.15, -0.1) is 0 Å². The minimum atomic E-state index is -1.18. The first-order valence-corrected chi connectivity index (χ1v) is 4.45. The number of aromatic hydroxyl groups is 1. The summed E-state index contributed by atoms with van der Waals surface area (Å²) in [7, 11) is 0. The van der Waals surface area contributed by atoms with Gasteiger partial charge in [0.1, 0.15) is 6.04 Å². The summed E-state index contributed by atoms with van der Waals surface area (Å²) in [5, 5.41) is 17.4. The third kappa shape index (κ3) is 2.81. The van der Waals surface area contributed by atoms with E-state index in [1.54, 1.807) is 0 Å². The summed E-state index contributed by atoms with van der Waals surface area (Å²) < 4.78 is 13.0. The molecule has 0 aliphatic heterocycles. The van der Waals surface area contributed by atoms with E-state index in [9.17, 15) is 9.18 Å². The third-order valence-electron chi connectivity index (χ3n) is 1.85. The lowest BCUT2D eigenvalue weighted by molar-refractivity contribution is -0.138. The molecule has 0 bridgehead atoms. The van der Waals surface area contributed by atoms with Crippen molar-refractivity contribution in [1.82, 2.24) is 0 Å². The first kappa shape index (κ1) is 11.7. The molecule has 4 N–H and O–H groups in total. The predicted octanol–water partition coefficient (Wildman–Crippen LogP) is 1.14. The van der Waals surface area contributed by atoms with Crippen LogP contribution in [-0.4, -0.2) is 22.2 Å². The summed E-state index contributed by atoms with van der Waals surface area (Å²) >= 11 is 5.50. The lowest BCUT2D eigenvalue weighted by Crippen LogP contribution is -2.32. The molecule has 0 spiro atoms. The molecule has 0 heterocycles. The Morgan fingerprint density at radius 3 is 2.67 bits per heavy atom.